The van der Waals surface area contributed by atoms with Crippen molar-refractivity contribution in [2.45, 2.75) is 57.5 Å². The molecule has 4 aromatic heterocycles. The maximum absolute atomic E-state index is 15.7. The van der Waals surface area contributed by atoms with Gasteiger partial charge in [0.15, 0.2) is 17.3 Å². The van der Waals surface area contributed by atoms with Gasteiger partial charge in [-0.3, -0.25) is 14.7 Å². The molecular weight excluding hydrogens is 680 g/mol. The van der Waals surface area contributed by atoms with E-state index in [1.807, 2.05) is 16.8 Å². The van der Waals surface area contributed by atoms with Crippen LogP contribution in [-0.2, 0) is 20.4 Å². The van der Waals surface area contributed by atoms with E-state index in [1.165, 1.54) is 12.3 Å². The zero-order valence-corrected chi connectivity index (χ0v) is 29.7. The van der Waals surface area contributed by atoms with E-state index >= 15 is 4.39 Å². The Hall–Kier alpha value is -4.37. The zero-order chi connectivity index (χ0) is 36.6. The molecule has 15 heteroatoms. The van der Waals surface area contributed by atoms with Gasteiger partial charge in [-0.1, -0.05) is 12.8 Å². The molecule has 0 bridgehead atoms. The Labute approximate surface area is 299 Å². The topological polar surface area (TPSA) is 113 Å². The van der Waals surface area contributed by atoms with Gasteiger partial charge in [0, 0.05) is 81.7 Å². The number of ether oxygens (including phenoxy) is 2. The molecule has 278 valence electrons. The number of methoxy groups -OCH3 is 1. The Bertz CT molecular complexity index is 1920. The number of aromatic amines is 1. The van der Waals surface area contributed by atoms with Crippen molar-refractivity contribution < 1.29 is 31.8 Å². The number of piperazine rings is 1. The number of rotatable bonds is 12. The lowest BCUT2D eigenvalue weighted by molar-refractivity contribution is -0.144. The van der Waals surface area contributed by atoms with Crippen LogP contribution in [0.2, 0.25) is 0 Å². The summed E-state index contributed by atoms with van der Waals surface area (Å²) < 4.78 is 69.1. The molecule has 2 aliphatic carbocycles. The Balaban J connectivity index is 1.22. The first kappa shape index (κ1) is 36.0. The maximum Gasteiger partial charge on any atom is 0.418 e. The Kier molecular flexibility index (Phi) is 10.1. The van der Waals surface area contributed by atoms with Gasteiger partial charge < -0.3 is 24.3 Å². The van der Waals surface area contributed by atoms with Gasteiger partial charge in [-0.2, -0.15) is 13.2 Å². The van der Waals surface area contributed by atoms with Crippen molar-refractivity contribution in [1.82, 2.24) is 29.8 Å². The summed E-state index contributed by atoms with van der Waals surface area (Å²) >= 11 is 0. The Morgan fingerprint density at radius 2 is 1.77 bits per heavy atom. The highest BCUT2D eigenvalue weighted by molar-refractivity contribution is 5.91. The third-order valence-electron chi connectivity index (χ3n) is 10.4. The van der Waals surface area contributed by atoms with E-state index in [0.29, 0.717) is 87.1 Å². The number of anilines is 2. The summed E-state index contributed by atoms with van der Waals surface area (Å²) in [5, 5.41) is 0. The number of imidazole rings is 1. The molecule has 52 heavy (non-hydrogen) atoms. The third kappa shape index (κ3) is 7.56. The van der Waals surface area contributed by atoms with E-state index in [1.54, 1.807) is 26.3 Å². The molecule has 7 rings (SSSR count). The van der Waals surface area contributed by atoms with Crippen LogP contribution >= 0.6 is 0 Å². The lowest BCUT2D eigenvalue weighted by Gasteiger charge is -2.34. The fourth-order valence-corrected chi connectivity index (χ4v) is 7.75. The average Bonchev–Trinajstić information content (AvgIpc) is 3.71. The molecule has 2 saturated carbocycles. The number of nitrogens with zero attached hydrogens (tertiary/aromatic N) is 7. The number of esters is 1. The highest BCUT2D eigenvalue weighted by Crippen LogP contribution is 2.46. The molecule has 0 radical (unpaired) electrons. The first-order valence-corrected chi connectivity index (χ1v) is 17.9. The van der Waals surface area contributed by atoms with Crippen LogP contribution in [0.5, 0.6) is 0 Å². The molecule has 0 unspecified atom stereocenters. The van der Waals surface area contributed by atoms with Gasteiger partial charge in [-0.15, -0.1) is 0 Å². The number of aromatic nitrogens is 5. The van der Waals surface area contributed by atoms with Gasteiger partial charge in [0.05, 0.1) is 42.4 Å². The second-order valence-electron chi connectivity index (χ2n) is 14.3. The average molecular weight is 725 g/mol. The minimum absolute atomic E-state index is 0.0772. The van der Waals surface area contributed by atoms with Crippen LogP contribution in [0.1, 0.15) is 62.6 Å². The molecule has 3 fully saturated rings. The largest absolute Gasteiger partial charge is 0.465 e. The van der Waals surface area contributed by atoms with Crippen molar-refractivity contribution >= 4 is 28.6 Å². The molecule has 0 aromatic carbocycles. The van der Waals surface area contributed by atoms with Crippen molar-refractivity contribution in [1.29, 1.82) is 0 Å². The first-order valence-electron chi connectivity index (χ1n) is 17.9. The van der Waals surface area contributed by atoms with Crippen molar-refractivity contribution in [3.05, 3.63) is 47.7 Å². The van der Waals surface area contributed by atoms with Gasteiger partial charge in [-0.25, -0.2) is 19.3 Å². The van der Waals surface area contributed by atoms with E-state index in [9.17, 15) is 18.0 Å². The number of hydrogen-bond acceptors (Lipinski definition) is 10. The summed E-state index contributed by atoms with van der Waals surface area (Å²) in [6.07, 6.45) is 4.03. The van der Waals surface area contributed by atoms with Crippen LogP contribution in [0.25, 0.3) is 33.8 Å². The van der Waals surface area contributed by atoms with E-state index in [4.69, 9.17) is 19.4 Å². The molecule has 0 atom stereocenters. The fraction of sp³-hybridized carbons (Fsp3) is 0.541. The lowest BCUT2D eigenvalue weighted by Crippen LogP contribution is -2.48. The molecule has 1 N–H and O–H groups in total. The normalized spacial score (nSPS) is 17.9. The Morgan fingerprint density at radius 1 is 1.04 bits per heavy atom. The number of pyridine rings is 3. The van der Waals surface area contributed by atoms with Crippen molar-refractivity contribution in [3.8, 4) is 22.6 Å². The fourth-order valence-electron chi connectivity index (χ4n) is 7.75. The predicted octanol–water partition coefficient (Wildman–Crippen LogP) is 6.45. The van der Waals surface area contributed by atoms with Gasteiger partial charge in [0.2, 0.25) is 0 Å². The molecule has 0 amide bonds. The first-order chi connectivity index (χ1) is 25.0. The molecule has 3 aliphatic rings. The summed E-state index contributed by atoms with van der Waals surface area (Å²) in [4.78, 5) is 39.3. The monoisotopic (exact) mass is 724 g/mol. The van der Waals surface area contributed by atoms with Crippen LogP contribution in [0.4, 0.5) is 29.1 Å². The van der Waals surface area contributed by atoms with E-state index < -0.39 is 17.6 Å². The van der Waals surface area contributed by atoms with Crippen LogP contribution in [0.15, 0.2) is 30.6 Å². The molecule has 0 spiro atoms. The van der Waals surface area contributed by atoms with E-state index in [2.05, 4.69) is 19.9 Å². The van der Waals surface area contributed by atoms with Crippen molar-refractivity contribution in [3.63, 3.8) is 0 Å². The minimum atomic E-state index is -4.56. The molecule has 5 heterocycles. The molecule has 11 nitrogen and oxygen atoms in total. The number of H-pyrrole nitrogens is 1. The van der Waals surface area contributed by atoms with E-state index in [0.717, 1.165) is 31.7 Å². The number of halogens is 4. The second kappa shape index (κ2) is 14.6. The summed E-state index contributed by atoms with van der Waals surface area (Å²) in [5.41, 5.74) is 1.77. The van der Waals surface area contributed by atoms with E-state index in [-0.39, 0.29) is 46.6 Å². The Morgan fingerprint density at radius 3 is 2.42 bits per heavy atom. The summed E-state index contributed by atoms with van der Waals surface area (Å²) in [5.74, 6) is -0.446. The quantitative estimate of drug-likeness (QED) is 0.129. The number of hydrogen-bond donors (Lipinski definition) is 1. The summed E-state index contributed by atoms with van der Waals surface area (Å²) in [6.45, 7) is 5.62. The van der Waals surface area contributed by atoms with Gasteiger partial charge in [0.1, 0.15) is 11.3 Å². The lowest BCUT2D eigenvalue weighted by atomic mass is 9.86. The number of carbonyl (C=O) groups excluding carboxylic acids is 1. The third-order valence-corrected chi connectivity index (χ3v) is 10.4. The zero-order valence-electron chi connectivity index (χ0n) is 29.7. The maximum atomic E-state index is 15.7. The minimum Gasteiger partial charge on any atom is -0.465 e. The van der Waals surface area contributed by atoms with Crippen LogP contribution in [0, 0.1) is 11.2 Å². The summed E-state index contributed by atoms with van der Waals surface area (Å²) in [7, 11) is 3.65. The smallest absolute Gasteiger partial charge is 0.418 e. The van der Waals surface area contributed by atoms with Gasteiger partial charge in [0.25, 0.3) is 0 Å². The number of alkyl halides is 3. The standard InChI is InChI=1S/C37H44F4N8O3/c1-4-52-30(50)20-48-11-13-49(14-12-48)35-27(38)16-25(19-43-35)33-45-32-29(47(2)21-36(22-51-3)9-5-6-10-36)17-28(44-34(32)46-33)24-15-26(37(39,40)41)31(42-18-24)23-7-8-23/h15-19,23H,4-14,20-22H2,1-3H3,(H,44,45,46). The number of carbonyl (C=O) groups is 1. The predicted molar refractivity (Wildman–Crippen MR) is 189 cm³/mol. The summed E-state index contributed by atoms with van der Waals surface area (Å²) in [6, 6.07) is 4.29. The van der Waals surface area contributed by atoms with Crippen molar-refractivity contribution in [2.24, 2.45) is 5.41 Å². The van der Waals surface area contributed by atoms with Crippen LogP contribution in [-0.4, -0.2) is 102 Å². The van der Waals surface area contributed by atoms with Crippen LogP contribution in [0.3, 0.4) is 0 Å². The van der Waals surface area contributed by atoms with Crippen molar-refractivity contribution in [2.75, 3.05) is 76.4 Å². The molecule has 1 saturated heterocycles. The molecule has 4 aromatic rings. The number of fused-ring (bicyclic) bond motifs is 1. The molecular formula is C37H44F4N8O3. The SMILES string of the molecule is CCOC(=O)CN1CCN(c2ncc(-c3nc4nc(-c5cnc(C6CC6)c(C(F)(F)F)c5)cc(N(C)CC5(COC)CCCC5)c4[nH]3)cc2F)CC1. The number of nitrogens with one attached hydrogen (secondary N) is 1. The van der Waals surface area contributed by atoms with Gasteiger partial charge in [-0.05, 0) is 50.8 Å². The van der Waals surface area contributed by atoms with Crippen LogP contribution < -0.4 is 9.80 Å². The molecule has 1 aliphatic heterocycles. The highest BCUT2D eigenvalue weighted by Gasteiger charge is 2.40. The highest BCUT2D eigenvalue weighted by atomic mass is 19.4. The van der Waals surface area contributed by atoms with Gasteiger partial charge >= 0.3 is 12.1 Å². The second-order valence-corrected chi connectivity index (χ2v) is 14.3.